The highest BCUT2D eigenvalue weighted by Gasteiger charge is 2.22. The van der Waals surface area contributed by atoms with E-state index in [0.29, 0.717) is 0 Å². The SMILES string of the molecule is CN1/C(=C\c2cc[n+](CCBr)c3ccccc23)Sc2ccccc21. The van der Waals surface area contributed by atoms with E-state index >= 15 is 0 Å². The first-order valence-corrected chi connectivity index (χ1v) is 9.91. The van der Waals surface area contributed by atoms with Crippen molar-refractivity contribution in [2.24, 2.45) is 0 Å². The van der Waals surface area contributed by atoms with Crippen LogP contribution in [0.4, 0.5) is 5.69 Å². The van der Waals surface area contributed by atoms with Crippen molar-refractivity contribution in [3.63, 3.8) is 0 Å². The van der Waals surface area contributed by atoms with Crippen LogP contribution in [0, 0.1) is 0 Å². The van der Waals surface area contributed by atoms with Crippen molar-refractivity contribution in [1.29, 1.82) is 0 Å². The summed E-state index contributed by atoms with van der Waals surface area (Å²) in [6, 6.07) is 19.4. The standard InChI is InChI=1S/C20H18BrN2S/c1-22-18-8-4-5-9-19(18)24-20(22)14-15-10-12-23(13-11-21)17-7-3-2-6-16(15)17/h2-10,12,14H,11,13H2,1H3/q+1. The monoisotopic (exact) mass is 397 g/mol. The number of pyridine rings is 1. The topological polar surface area (TPSA) is 7.12 Å². The van der Waals surface area contributed by atoms with Crippen molar-refractivity contribution in [3.8, 4) is 0 Å². The first-order valence-electron chi connectivity index (χ1n) is 7.97. The number of hydrogen-bond acceptors (Lipinski definition) is 2. The number of para-hydroxylation sites is 2. The zero-order chi connectivity index (χ0) is 16.5. The quantitative estimate of drug-likeness (QED) is 0.450. The summed E-state index contributed by atoms with van der Waals surface area (Å²) in [4.78, 5) is 3.59. The van der Waals surface area contributed by atoms with Crippen molar-refractivity contribution in [1.82, 2.24) is 0 Å². The zero-order valence-corrected chi connectivity index (χ0v) is 15.8. The van der Waals surface area contributed by atoms with Gasteiger partial charge in [0.15, 0.2) is 12.7 Å². The number of anilines is 1. The second-order valence-corrected chi connectivity index (χ2v) is 7.64. The van der Waals surface area contributed by atoms with E-state index in [-0.39, 0.29) is 0 Å². The number of hydrogen-bond donors (Lipinski definition) is 0. The summed E-state index contributed by atoms with van der Waals surface area (Å²) in [5.74, 6) is 0. The fourth-order valence-electron chi connectivity index (χ4n) is 3.10. The molecule has 0 atom stereocenters. The maximum Gasteiger partial charge on any atom is 0.213 e. The zero-order valence-electron chi connectivity index (χ0n) is 13.4. The smallest absolute Gasteiger partial charge is 0.213 e. The minimum absolute atomic E-state index is 0.954. The Labute approximate surface area is 154 Å². The summed E-state index contributed by atoms with van der Waals surface area (Å²) in [6.45, 7) is 0.970. The maximum atomic E-state index is 3.54. The van der Waals surface area contributed by atoms with Gasteiger partial charge in [0.1, 0.15) is 0 Å². The van der Waals surface area contributed by atoms with E-state index in [4.69, 9.17) is 0 Å². The lowest BCUT2D eigenvalue weighted by Gasteiger charge is -2.13. The van der Waals surface area contributed by atoms with Gasteiger partial charge in [0.05, 0.1) is 21.4 Å². The van der Waals surface area contributed by atoms with Crippen LogP contribution in [-0.2, 0) is 6.54 Å². The van der Waals surface area contributed by atoms with Crippen LogP contribution >= 0.6 is 27.7 Å². The van der Waals surface area contributed by atoms with Crippen molar-refractivity contribution in [2.45, 2.75) is 11.4 Å². The number of fused-ring (bicyclic) bond motifs is 2. The predicted octanol–water partition coefficient (Wildman–Crippen LogP) is 5.06. The van der Waals surface area contributed by atoms with Gasteiger partial charge >= 0.3 is 0 Å². The predicted molar refractivity (Wildman–Crippen MR) is 107 cm³/mol. The molecule has 1 aliphatic heterocycles. The minimum Gasteiger partial charge on any atom is -0.338 e. The third kappa shape index (κ3) is 2.74. The number of alkyl halides is 1. The fourth-order valence-corrected chi connectivity index (χ4v) is 4.58. The van der Waals surface area contributed by atoms with Crippen LogP contribution in [0.15, 0.2) is 70.7 Å². The molecule has 0 bridgehead atoms. The fraction of sp³-hybridized carbons (Fsp3) is 0.150. The first kappa shape index (κ1) is 15.7. The molecule has 4 rings (SSSR count). The van der Waals surface area contributed by atoms with Gasteiger partial charge in [-0.15, -0.1) is 0 Å². The van der Waals surface area contributed by atoms with E-state index in [1.807, 2.05) is 11.8 Å². The molecule has 2 aromatic carbocycles. The molecule has 2 heterocycles. The molecule has 4 heteroatoms. The Balaban J connectivity index is 1.80. The summed E-state index contributed by atoms with van der Waals surface area (Å²) in [5.41, 5.74) is 3.82. The number of rotatable bonds is 3. The van der Waals surface area contributed by atoms with E-state index in [1.165, 1.54) is 32.1 Å². The highest BCUT2D eigenvalue weighted by molar-refractivity contribution is 9.09. The largest absolute Gasteiger partial charge is 0.338 e. The van der Waals surface area contributed by atoms with Crippen molar-refractivity contribution in [3.05, 3.63) is 71.4 Å². The van der Waals surface area contributed by atoms with Crippen LogP contribution in [0.2, 0.25) is 0 Å². The highest BCUT2D eigenvalue weighted by atomic mass is 79.9. The van der Waals surface area contributed by atoms with Gasteiger partial charge in [0.25, 0.3) is 0 Å². The lowest BCUT2D eigenvalue weighted by atomic mass is 10.1. The Morgan fingerprint density at radius 2 is 1.88 bits per heavy atom. The molecule has 0 N–H and O–H groups in total. The Hall–Kier alpha value is -1.78. The molecular formula is C20H18BrN2S+. The van der Waals surface area contributed by atoms with E-state index < -0.39 is 0 Å². The number of thioether (sulfide) groups is 1. The third-order valence-electron chi connectivity index (χ3n) is 4.33. The third-order valence-corrected chi connectivity index (χ3v) is 5.86. The molecule has 0 unspecified atom stereocenters. The molecule has 24 heavy (non-hydrogen) atoms. The lowest BCUT2D eigenvalue weighted by Crippen LogP contribution is -2.35. The number of halogens is 1. The van der Waals surface area contributed by atoms with Gasteiger partial charge in [-0.2, -0.15) is 4.57 Å². The summed E-state index contributed by atoms with van der Waals surface area (Å²) in [6.07, 6.45) is 4.48. The Morgan fingerprint density at radius 3 is 2.71 bits per heavy atom. The van der Waals surface area contributed by atoms with Gasteiger partial charge in [0, 0.05) is 24.1 Å². The van der Waals surface area contributed by atoms with Gasteiger partial charge in [-0.1, -0.05) is 52.0 Å². The second kappa shape index (κ2) is 6.61. The van der Waals surface area contributed by atoms with Crippen LogP contribution in [0.25, 0.3) is 17.0 Å². The van der Waals surface area contributed by atoms with Crippen LogP contribution in [-0.4, -0.2) is 12.4 Å². The van der Waals surface area contributed by atoms with Gasteiger partial charge in [-0.25, -0.2) is 0 Å². The Morgan fingerprint density at radius 1 is 1.08 bits per heavy atom. The van der Waals surface area contributed by atoms with Crippen LogP contribution in [0.3, 0.4) is 0 Å². The molecule has 0 fully saturated rings. The molecule has 0 amide bonds. The van der Waals surface area contributed by atoms with Gasteiger partial charge in [0.2, 0.25) is 5.52 Å². The molecule has 0 spiro atoms. The van der Waals surface area contributed by atoms with Gasteiger partial charge < -0.3 is 4.90 Å². The van der Waals surface area contributed by atoms with Crippen LogP contribution in [0.5, 0.6) is 0 Å². The molecule has 3 aromatic rings. The van der Waals surface area contributed by atoms with Crippen molar-refractivity contribution >= 4 is 50.4 Å². The Kier molecular flexibility index (Phi) is 4.33. The Bertz CT molecular complexity index is 936. The maximum absolute atomic E-state index is 3.54. The van der Waals surface area contributed by atoms with Crippen LogP contribution < -0.4 is 9.47 Å². The molecule has 120 valence electrons. The number of benzene rings is 2. The number of aryl methyl sites for hydroxylation is 1. The normalized spacial score (nSPS) is 15.2. The molecule has 0 saturated heterocycles. The average molecular weight is 398 g/mol. The number of aromatic nitrogens is 1. The second-order valence-electron chi connectivity index (χ2n) is 5.78. The van der Waals surface area contributed by atoms with Crippen molar-refractivity contribution in [2.75, 3.05) is 17.3 Å². The average Bonchev–Trinajstić information content (AvgIpc) is 2.93. The molecule has 1 aromatic heterocycles. The molecular weight excluding hydrogens is 380 g/mol. The molecule has 2 nitrogen and oxygen atoms in total. The van der Waals surface area contributed by atoms with Crippen molar-refractivity contribution < 1.29 is 4.57 Å². The first-order chi connectivity index (χ1) is 11.8. The molecule has 0 aliphatic carbocycles. The van der Waals surface area contributed by atoms with E-state index in [2.05, 4.69) is 99.3 Å². The summed E-state index contributed by atoms with van der Waals surface area (Å²) < 4.78 is 2.30. The van der Waals surface area contributed by atoms with Crippen LogP contribution in [0.1, 0.15) is 5.56 Å². The summed E-state index contributed by atoms with van der Waals surface area (Å²) in [5, 5.41) is 3.51. The van der Waals surface area contributed by atoms with E-state index in [0.717, 1.165) is 11.9 Å². The summed E-state index contributed by atoms with van der Waals surface area (Å²) >= 11 is 5.38. The number of nitrogens with zero attached hydrogens (tertiary/aromatic N) is 2. The lowest BCUT2D eigenvalue weighted by molar-refractivity contribution is -0.666. The van der Waals surface area contributed by atoms with E-state index in [9.17, 15) is 0 Å². The van der Waals surface area contributed by atoms with E-state index in [1.54, 1.807) is 0 Å². The highest BCUT2D eigenvalue weighted by Crippen LogP contribution is 2.45. The summed E-state index contributed by atoms with van der Waals surface area (Å²) in [7, 11) is 2.14. The van der Waals surface area contributed by atoms with Gasteiger partial charge in [-0.3, -0.25) is 0 Å². The molecule has 0 saturated carbocycles. The molecule has 0 radical (unpaired) electrons. The van der Waals surface area contributed by atoms with Gasteiger partial charge in [-0.05, 0) is 29.8 Å². The molecule has 1 aliphatic rings. The minimum atomic E-state index is 0.954.